The number of hydrogen-bond donors (Lipinski definition) is 0. The van der Waals surface area contributed by atoms with E-state index in [-0.39, 0.29) is 30.3 Å². The monoisotopic (exact) mass is 476 g/mol. The molecule has 0 bridgehead atoms. The molecular weight excluding hydrogens is 444 g/mol. The zero-order valence-corrected chi connectivity index (χ0v) is 21.1. The molecule has 7 heteroatoms. The topological polar surface area (TPSA) is 49.9 Å². The molecule has 2 aromatic rings. The first-order valence-electron chi connectivity index (χ1n) is 11.1. The number of carbonyl (C=O) groups is 2. The number of hydrogen-bond acceptors (Lipinski definition) is 4. The number of fused-ring (bicyclic) bond motifs is 1. The predicted molar refractivity (Wildman–Crippen MR) is 130 cm³/mol. The Morgan fingerprint density at radius 1 is 1.22 bits per heavy atom. The quantitative estimate of drug-likeness (QED) is 0.524. The zero-order valence-electron chi connectivity index (χ0n) is 19.6. The first-order valence-corrected chi connectivity index (χ1v) is 12.4. The maximum Gasteiger partial charge on any atom is 0.242 e. The average Bonchev–Trinajstić information content (AvgIpc) is 3.18. The maximum absolute atomic E-state index is 13.5. The van der Waals surface area contributed by atoms with Gasteiger partial charge in [0.1, 0.15) is 18.9 Å². The normalized spacial score (nSPS) is 16.1. The molecule has 1 aliphatic heterocycles. The summed E-state index contributed by atoms with van der Waals surface area (Å²) < 4.78 is 6.05. The van der Waals surface area contributed by atoms with E-state index < -0.39 is 5.54 Å². The van der Waals surface area contributed by atoms with Crippen LogP contribution >= 0.6 is 22.9 Å². The first-order chi connectivity index (χ1) is 15.1. The van der Waals surface area contributed by atoms with Gasteiger partial charge in [-0.25, -0.2) is 0 Å². The lowest BCUT2D eigenvalue weighted by Crippen LogP contribution is -2.53. The van der Waals surface area contributed by atoms with E-state index in [4.69, 9.17) is 16.3 Å². The Hall–Kier alpha value is -2.05. The number of amides is 2. The fourth-order valence-electron chi connectivity index (χ4n) is 3.97. The third-order valence-corrected chi connectivity index (χ3v) is 6.87. The fraction of sp³-hybridized carbons (Fsp3) is 0.520. The maximum atomic E-state index is 13.5. The van der Waals surface area contributed by atoms with E-state index in [1.807, 2.05) is 51.7 Å². The fourth-order valence-corrected chi connectivity index (χ4v) is 5.02. The lowest BCUT2D eigenvalue weighted by atomic mass is 9.99. The zero-order chi connectivity index (χ0) is 23.5. The summed E-state index contributed by atoms with van der Waals surface area (Å²) in [4.78, 5) is 31.3. The minimum Gasteiger partial charge on any atom is -0.491 e. The van der Waals surface area contributed by atoms with Crippen molar-refractivity contribution in [2.45, 2.75) is 59.0 Å². The molecule has 0 N–H and O–H groups in total. The van der Waals surface area contributed by atoms with Crippen LogP contribution in [0.1, 0.15) is 57.5 Å². The minimum absolute atomic E-state index is 0.0167. The molecule has 0 unspecified atom stereocenters. The second-order valence-corrected chi connectivity index (χ2v) is 11.1. The summed E-state index contributed by atoms with van der Waals surface area (Å²) in [6, 6.07) is 9.14. The van der Waals surface area contributed by atoms with Gasteiger partial charge in [-0.1, -0.05) is 25.4 Å². The number of carbonyl (C=O) groups excluding carboxylic acids is 2. The molecule has 1 aliphatic rings. The molecule has 0 fully saturated rings. The van der Waals surface area contributed by atoms with E-state index >= 15 is 0 Å². The van der Waals surface area contributed by atoms with Gasteiger partial charge in [0, 0.05) is 28.4 Å². The Bertz CT molecular complexity index is 933. The Balaban J connectivity index is 1.79. The summed E-state index contributed by atoms with van der Waals surface area (Å²) in [5.74, 6) is 0.931. The van der Waals surface area contributed by atoms with E-state index in [0.717, 1.165) is 12.0 Å². The lowest BCUT2D eigenvalue weighted by Gasteiger charge is -2.40. The Morgan fingerprint density at radius 2 is 1.91 bits per heavy atom. The van der Waals surface area contributed by atoms with Crippen molar-refractivity contribution in [1.29, 1.82) is 0 Å². The van der Waals surface area contributed by atoms with Crippen molar-refractivity contribution in [3.63, 3.8) is 0 Å². The second kappa shape index (κ2) is 10.3. The van der Waals surface area contributed by atoms with Gasteiger partial charge in [0.25, 0.3) is 0 Å². The van der Waals surface area contributed by atoms with Crippen LogP contribution in [0, 0.1) is 5.92 Å². The summed E-state index contributed by atoms with van der Waals surface area (Å²) in [6.07, 6.45) is 1.26. The predicted octanol–water partition coefficient (Wildman–Crippen LogP) is 5.58. The molecule has 1 aromatic carbocycles. The van der Waals surface area contributed by atoms with Gasteiger partial charge in [0.05, 0.1) is 6.04 Å². The van der Waals surface area contributed by atoms with Crippen LogP contribution in [0.15, 0.2) is 35.7 Å². The van der Waals surface area contributed by atoms with Crippen molar-refractivity contribution < 1.29 is 14.3 Å². The van der Waals surface area contributed by atoms with E-state index in [1.54, 1.807) is 28.4 Å². The van der Waals surface area contributed by atoms with Gasteiger partial charge >= 0.3 is 0 Å². The SMILES string of the molecule is CC(C)CC(=O)N(CC(=O)N1CCc2sccc2[C@H]1COc1ccc(Cl)cc1)C(C)(C)C. The van der Waals surface area contributed by atoms with Crippen LogP contribution in [0.2, 0.25) is 5.02 Å². The van der Waals surface area contributed by atoms with Gasteiger partial charge in [-0.2, -0.15) is 0 Å². The van der Waals surface area contributed by atoms with Crippen LogP contribution in [0.4, 0.5) is 0 Å². The summed E-state index contributed by atoms with van der Waals surface area (Å²) in [5.41, 5.74) is 0.708. The van der Waals surface area contributed by atoms with Crippen LogP contribution in [0.25, 0.3) is 0 Å². The molecular formula is C25H33ClN2O3S. The highest BCUT2D eigenvalue weighted by Gasteiger charge is 2.35. The lowest BCUT2D eigenvalue weighted by molar-refractivity contribution is -0.147. The van der Waals surface area contributed by atoms with Gasteiger partial charge in [-0.05, 0) is 74.4 Å². The smallest absolute Gasteiger partial charge is 0.242 e. The van der Waals surface area contributed by atoms with Crippen molar-refractivity contribution in [2.24, 2.45) is 5.92 Å². The molecule has 32 heavy (non-hydrogen) atoms. The molecule has 2 amide bonds. The van der Waals surface area contributed by atoms with Crippen LogP contribution < -0.4 is 4.74 Å². The van der Waals surface area contributed by atoms with Crippen LogP contribution in [0.3, 0.4) is 0 Å². The number of halogens is 1. The van der Waals surface area contributed by atoms with Gasteiger partial charge in [-0.15, -0.1) is 11.3 Å². The molecule has 2 heterocycles. The van der Waals surface area contributed by atoms with Gasteiger partial charge in [0.15, 0.2) is 0 Å². The van der Waals surface area contributed by atoms with Crippen LogP contribution in [0.5, 0.6) is 5.75 Å². The molecule has 0 radical (unpaired) electrons. The number of nitrogens with zero attached hydrogens (tertiary/aromatic N) is 2. The standard InChI is InChI=1S/C25H33ClN2O3S/c1-17(2)14-23(29)28(25(3,4)5)15-24(30)27-12-10-22-20(11-13-32-22)21(27)16-31-19-8-6-18(26)7-9-19/h6-9,11,13,17,21H,10,12,14-16H2,1-5H3/t21-/m1/s1. The minimum atomic E-state index is -0.430. The molecule has 1 aromatic heterocycles. The highest BCUT2D eigenvalue weighted by molar-refractivity contribution is 7.10. The molecule has 0 saturated carbocycles. The van der Waals surface area contributed by atoms with E-state index in [9.17, 15) is 9.59 Å². The van der Waals surface area contributed by atoms with Crippen molar-refractivity contribution in [1.82, 2.24) is 9.80 Å². The molecule has 0 aliphatic carbocycles. The summed E-state index contributed by atoms with van der Waals surface area (Å²) in [6.45, 7) is 11.0. The molecule has 1 atom stereocenters. The third-order valence-electron chi connectivity index (χ3n) is 5.62. The highest BCUT2D eigenvalue weighted by Crippen LogP contribution is 2.34. The van der Waals surface area contributed by atoms with Crippen molar-refractivity contribution in [3.8, 4) is 5.75 Å². The summed E-state index contributed by atoms with van der Waals surface area (Å²) in [7, 11) is 0. The third kappa shape index (κ3) is 6.04. The number of thiophene rings is 1. The van der Waals surface area contributed by atoms with Crippen molar-refractivity contribution in [3.05, 3.63) is 51.2 Å². The first kappa shape index (κ1) is 24.6. The Morgan fingerprint density at radius 3 is 2.53 bits per heavy atom. The average molecular weight is 477 g/mol. The Kier molecular flexibility index (Phi) is 7.88. The highest BCUT2D eigenvalue weighted by atomic mass is 35.5. The van der Waals surface area contributed by atoms with Gasteiger partial charge in [-0.3, -0.25) is 9.59 Å². The van der Waals surface area contributed by atoms with Gasteiger partial charge in [0.2, 0.25) is 11.8 Å². The summed E-state index contributed by atoms with van der Waals surface area (Å²) in [5, 5.41) is 2.72. The second-order valence-electron chi connectivity index (χ2n) is 9.67. The summed E-state index contributed by atoms with van der Waals surface area (Å²) >= 11 is 7.70. The van der Waals surface area contributed by atoms with Crippen molar-refractivity contribution >= 4 is 34.8 Å². The number of rotatable bonds is 7. The van der Waals surface area contributed by atoms with Crippen molar-refractivity contribution in [2.75, 3.05) is 19.7 Å². The molecule has 0 spiro atoms. The van der Waals surface area contributed by atoms with Gasteiger partial charge < -0.3 is 14.5 Å². The van der Waals surface area contributed by atoms with Crippen LogP contribution in [-0.4, -0.2) is 46.8 Å². The molecule has 3 rings (SSSR count). The van der Waals surface area contributed by atoms with Crippen LogP contribution in [-0.2, 0) is 16.0 Å². The number of ether oxygens (including phenoxy) is 1. The molecule has 174 valence electrons. The van der Waals surface area contributed by atoms with E-state index in [2.05, 4.69) is 11.4 Å². The van der Waals surface area contributed by atoms with E-state index in [1.165, 1.54) is 4.88 Å². The Labute approximate surface area is 200 Å². The number of benzene rings is 1. The molecule has 0 saturated heterocycles. The van der Waals surface area contributed by atoms with E-state index in [0.29, 0.717) is 30.3 Å². The largest absolute Gasteiger partial charge is 0.491 e. The molecule has 5 nitrogen and oxygen atoms in total.